The van der Waals surface area contributed by atoms with E-state index in [9.17, 15) is 9.59 Å². The Bertz CT molecular complexity index is 232. The molecule has 0 aliphatic carbocycles. The summed E-state index contributed by atoms with van der Waals surface area (Å²) in [5, 5.41) is 5.40. The van der Waals surface area contributed by atoms with Crippen molar-refractivity contribution >= 4 is 11.7 Å². The van der Waals surface area contributed by atoms with E-state index in [0.29, 0.717) is 0 Å². The van der Waals surface area contributed by atoms with Crippen molar-refractivity contribution in [1.29, 1.82) is 0 Å². The van der Waals surface area contributed by atoms with Gasteiger partial charge in [0, 0.05) is 4.91 Å². The van der Waals surface area contributed by atoms with Gasteiger partial charge in [-0.15, -0.1) is 0 Å². The zero-order valence-electron chi connectivity index (χ0n) is 6.94. The quantitative estimate of drug-likeness (QED) is 0.375. The summed E-state index contributed by atoms with van der Waals surface area (Å²) >= 11 is 0. The van der Waals surface area contributed by atoms with Crippen molar-refractivity contribution < 1.29 is 9.59 Å². The molecule has 0 radical (unpaired) electrons. The topological polar surface area (TPSA) is 94.9 Å². The molecule has 1 N–H and O–H groups in total. The summed E-state index contributed by atoms with van der Waals surface area (Å²) in [5.41, 5.74) is 7.87. The molecule has 1 amide bonds. The third-order valence-corrected chi connectivity index (χ3v) is 1.26. The molecule has 0 aromatic rings. The minimum Gasteiger partial charge on any atom is -0.346 e. The summed E-state index contributed by atoms with van der Waals surface area (Å²) in [5.74, 6) is -0.584. The average Bonchev–Trinajstić information content (AvgIpc) is 2.00. The lowest BCUT2D eigenvalue weighted by molar-refractivity contribution is -0.125. The molecule has 0 saturated heterocycles. The second-order valence-corrected chi connectivity index (χ2v) is 2.29. The summed E-state index contributed by atoms with van der Waals surface area (Å²) in [6.07, 6.45) is 0. The molecule has 0 aliphatic rings. The summed E-state index contributed by atoms with van der Waals surface area (Å²) in [6.45, 7) is 2.67. The molecule has 0 aliphatic heterocycles. The van der Waals surface area contributed by atoms with Gasteiger partial charge in [0.15, 0.2) is 5.78 Å². The van der Waals surface area contributed by atoms with E-state index in [0.717, 1.165) is 0 Å². The zero-order chi connectivity index (χ0) is 9.56. The van der Waals surface area contributed by atoms with Crippen molar-refractivity contribution in [1.82, 2.24) is 5.32 Å². The zero-order valence-corrected chi connectivity index (χ0v) is 6.94. The highest BCUT2D eigenvalue weighted by molar-refractivity contribution is 5.87. The number of carbonyl (C=O) groups is 2. The monoisotopic (exact) mass is 170 g/mol. The van der Waals surface area contributed by atoms with Gasteiger partial charge in [-0.3, -0.25) is 9.59 Å². The van der Waals surface area contributed by atoms with Gasteiger partial charge in [-0.1, -0.05) is 5.11 Å². The van der Waals surface area contributed by atoms with Gasteiger partial charge in [0.1, 0.15) is 6.54 Å². The summed E-state index contributed by atoms with van der Waals surface area (Å²) in [6, 6.07) is -0.522. The van der Waals surface area contributed by atoms with Gasteiger partial charge < -0.3 is 5.32 Å². The predicted octanol–water partition coefficient (Wildman–Crippen LogP) is 0.390. The summed E-state index contributed by atoms with van der Waals surface area (Å²) in [7, 11) is 0. The number of nitrogens with zero attached hydrogens (tertiary/aromatic N) is 3. The van der Waals surface area contributed by atoms with Crippen LogP contribution in [-0.4, -0.2) is 24.3 Å². The van der Waals surface area contributed by atoms with Crippen LogP contribution in [0.5, 0.6) is 0 Å². The molecule has 66 valence electrons. The molecular formula is C6H10N4O2. The Morgan fingerprint density at radius 3 is 2.67 bits per heavy atom. The van der Waals surface area contributed by atoms with Crippen molar-refractivity contribution in [3.05, 3.63) is 10.4 Å². The number of rotatable bonds is 4. The van der Waals surface area contributed by atoms with Gasteiger partial charge >= 0.3 is 0 Å². The van der Waals surface area contributed by atoms with Crippen LogP contribution in [0.4, 0.5) is 0 Å². The summed E-state index contributed by atoms with van der Waals surface area (Å²) in [4.78, 5) is 23.8. The minimum atomic E-state index is -0.522. The third kappa shape index (κ3) is 4.29. The smallest absolute Gasteiger partial charge is 0.226 e. The van der Waals surface area contributed by atoms with E-state index in [2.05, 4.69) is 15.3 Å². The molecule has 1 atom stereocenters. The number of ketones is 1. The average molecular weight is 170 g/mol. The van der Waals surface area contributed by atoms with Crippen LogP contribution in [-0.2, 0) is 9.59 Å². The maximum Gasteiger partial charge on any atom is 0.226 e. The highest BCUT2D eigenvalue weighted by Gasteiger charge is 2.09. The number of hydrogen-bond donors (Lipinski definition) is 1. The lowest BCUT2D eigenvalue weighted by Crippen LogP contribution is -2.38. The molecule has 0 spiro atoms. The number of hydrogen-bond acceptors (Lipinski definition) is 3. The van der Waals surface area contributed by atoms with E-state index in [-0.39, 0.29) is 12.3 Å². The van der Waals surface area contributed by atoms with Crippen LogP contribution in [0.1, 0.15) is 13.8 Å². The third-order valence-electron chi connectivity index (χ3n) is 1.26. The largest absolute Gasteiger partial charge is 0.346 e. The van der Waals surface area contributed by atoms with Gasteiger partial charge in [-0.05, 0) is 19.4 Å². The Balaban J connectivity index is 3.84. The predicted molar refractivity (Wildman–Crippen MR) is 42.3 cm³/mol. The minimum absolute atomic E-state index is 0.135. The molecule has 0 fully saturated rings. The van der Waals surface area contributed by atoms with Gasteiger partial charge in [-0.25, -0.2) is 0 Å². The lowest BCUT2D eigenvalue weighted by atomic mass is 10.2. The fourth-order valence-corrected chi connectivity index (χ4v) is 0.485. The van der Waals surface area contributed by atoms with Crippen molar-refractivity contribution in [3.8, 4) is 0 Å². The maximum absolute atomic E-state index is 10.8. The Morgan fingerprint density at radius 2 is 2.25 bits per heavy atom. The number of carbonyl (C=O) groups excluding carboxylic acids is 2. The lowest BCUT2D eigenvalue weighted by Gasteiger charge is -2.07. The first-order valence-corrected chi connectivity index (χ1v) is 3.38. The molecule has 6 heteroatoms. The van der Waals surface area contributed by atoms with Crippen LogP contribution in [0.25, 0.3) is 10.4 Å². The van der Waals surface area contributed by atoms with Crippen molar-refractivity contribution in [2.24, 2.45) is 5.11 Å². The molecule has 0 bridgehead atoms. The van der Waals surface area contributed by atoms with Crippen LogP contribution in [0, 0.1) is 0 Å². The number of Topliss-reactive ketones (excluding diaryl/α,β-unsaturated/α-hetero) is 1. The Kier molecular flexibility index (Phi) is 4.48. The first-order valence-electron chi connectivity index (χ1n) is 3.38. The van der Waals surface area contributed by atoms with Crippen molar-refractivity contribution in [2.75, 3.05) is 6.54 Å². The van der Waals surface area contributed by atoms with E-state index >= 15 is 0 Å². The highest BCUT2D eigenvalue weighted by atomic mass is 16.2. The molecule has 0 heterocycles. The van der Waals surface area contributed by atoms with Gasteiger partial charge in [0.25, 0.3) is 0 Å². The van der Waals surface area contributed by atoms with Crippen molar-refractivity contribution in [2.45, 2.75) is 19.9 Å². The summed E-state index contributed by atoms with van der Waals surface area (Å²) < 4.78 is 0. The van der Waals surface area contributed by atoms with Crippen LogP contribution >= 0.6 is 0 Å². The number of amides is 1. The normalized spacial score (nSPS) is 11.2. The van der Waals surface area contributed by atoms with Crippen molar-refractivity contribution in [3.63, 3.8) is 0 Å². The van der Waals surface area contributed by atoms with E-state index in [4.69, 9.17) is 5.53 Å². The van der Waals surface area contributed by atoms with Crippen LogP contribution in [0.3, 0.4) is 0 Å². The van der Waals surface area contributed by atoms with Crippen LogP contribution in [0.15, 0.2) is 5.11 Å². The molecule has 0 unspecified atom stereocenters. The Morgan fingerprint density at radius 1 is 1.67 bits per heavy atom. The standard InChI is InChI=1S/C6H10N4O2/c1-4(5(2)11)9-6(12)3-8-10-7/h4H,3H2,1-2H3,(H,9,12)/t4-/m1/s1. The van der Waals surface area contributed by atoms with E-state index in [1.807, 2.05) is 0 Å². The molecule has 12 heavy (non-hydrogen) atoms. The highest BCUT2D eigenvalue weighted by Crippen LogP contribution is 1.83. The SMILES string of the molecule is CC(=O)[C@@H](C)NC(=O)CN=[N+]=[N-]. The number of nitrogens with one attached hydrogen (secondary N) is 1. The Labute approximate surface area is 69.6 Å². The first kappa shape index (κ1) is 10.4. The second kappa shape index (κ2) is 5.15. The van der Waals surface area contributed by atoms with Crippen LogP contribution in [0.2, 0.25) is 0 Å². The van der Waals surface area contributed by atoms with Gasteiger partial charge in [0.2, 0.25) is 5.91 Å². The molecule has 6 nitrogen and oxygen atoms in total. The number of azide groups is 1. The first-order chi connectivity index (χ1) is 5.57. The fourth-order valence-electron chi connectivity index (χ4n) is 0.485. The molecule has 0 aromatic heterocycles. The van der Waals surface area contributed by atoms with Crippen LogP contribution < -0.4 is 5.32 Å². The molecular weight excluding hydrogens is 160 g/mol. The van der Waals surface area contributed by atoms with E-state index in [1.54, 1.807) is 6.92 Å². The second-order valence-electron chi connectivity index (χ2n) is 2.29. The molecule has 0 saturated carbocycles. The molecule has 0 rings (SSSR count). The fraction of sp³-hybridized carbons (Fsp3) is 0.667. The van der Waals surface area contributed by atoms with E-state index < -0.39 is 11.9 Å². The van der Waals surface area contributed by atoms with Gasteiger partial charge in [-0.2, -0.15) is 0 Å². The maximum atomic E-state index is 10.8. The Hall–Kier alpha value is -1.55. The van der Waals surface area contributed by atoms with E-state index in [1.165, 1.54) is 6.92 Å². The molecule has 0 aromatic carbocycles. The van der Waals surface area contributed by atoms with Gasteiger partial charge in [0.05, 0.1) is 6.04 Å².